The smallest absolute Gasteiger partial charge is 0.278 e. The third-order valence-electron chi connectivity index (χ3n) is 4.39. The second-order valence-electron chi connectivity index (χ2n) is 7.01. The Morgan fingerprint density at radius 3 is 2.68 bits per heavy atom. The molecular formula is C24H22N6O4. The highest BCUT2D eigenvalue weighted by molar-refractivity contribution is 5.86. The minimum absolute atomic E-state index is 0.0406. The number of rotatable bonds is 9. The van der Waals surface area contributed by atoms with Gasteiger partial charge in [-0.15, -0.1) is 0 Å². The van der Waals surface area contributed by atoms with E-state index in [9.17, 15) is 15.2 Å². The fraction of sp³-hybridized carbons (Fsp3) is 0.167. The Balaban J connectivity index is 1.61. The summed E-state index contributed by atoms with van der Waals surface area (Å²) in [6.07, 6.45) is 1.27. The molecule has 0 aliphatic rings. The largest absolute Gasteiger partial charge is 0.507 e. The number of carbonyl (C=O) groups excluding carboxylic acids is 1. The van der Waals surface area contributed by atoms with Crippen LogP contribution in [0, 0.1) is 18.3 Å². The van der Waals surface area contributed by atoms with Crippen LogP contribution < -0.4 is 10.2 Å². The van der Waals surface area contributed by atoms with E-state index in [0.717, 1.165) is 0 Å². The number of hydrogen-bond donors (Lipinski definition) is 2. The van der Waals surface area contributed by atoms with Gasteiger partial charge in [0.1, 0.15) is 17.4 Å². The number of aromatic hydroxyl groups is 1. The highest BCUT2D eigenvalue weighted by Gasteiger charge is 2.14. The normalized spacial score (nSPS) is 11.0. The lowest BCUT2D eigenvalue weighted by atomic mass is 10.1. The molecule has 0 fully saturated rings. The number of ether oxygens (including phenoxy) is 2. The highest BCUT2D eigenvalue weighted by Crippen LogP contribution is 2.24. The Kier molecular flexibility index (Phi) is 8.37. The van der Waals surface area contributed by atoms with E-state index in [-0.39, 0.29) is 23.8 Å². The number of carbonyl (C=O) groups is 1. The fourth-order valence-electron chi connectivity index (χ4n) is 2.86. The summed E-state index contributed by atoms with van der Waals surface area (Å²) in [6.45, 7) is 1.55. The Bertz CT molecular complexity index is 1250. The zero-order valence-electron chi connectivity index (χ0n) is 18.6. The molecule has 0 aliphatic carbocycles. The summed E-state index contributed by atoms with van der Waals surface area (Å²) in [5.74, 6) is -0.569. The number of aryl methyl sites for hydroxylation is 1. The van der Waals surface area contributed by atoms with Crippen molar-refractivity contribution in [2.24, 2.45) is 15.3 Å². The van der Waals surface area contributed by atoms with Crippen molar-refractivity contribution in [3.05, 3.63) is 77.0 Å². The van der Waals surface area contributed by atoms with E-state index in [1.807, 2.05) is 36.4 Å². The number of hydrazone groups is 1. The SMILES string of the molecule is COCc1cc(C)nc(OCC(=O)N/N=C\c2cc(N=Nc3ccccc3)ccc2O)c1C#N. The van der Waals surface area contributed by atoms with E-state index in [0.29, 0.717) is 28.2 Å². The maximum Gasteiger partial charge on any atom is 0.278 e. The molecule has 2 aromatic carbocycles. The lowest BCUT2D eigenvalue weighted by molar-refractivity contribution is -0.123. The average Bonchev–Trinajstić information content (AvgIpc) is 2.83. The summed E-state index contributed by atoms with van der Waals surface area (Å²) in [4.78, 5) is 16.3. The molecule has 0 bridgehead atoms. The minimum Gasteiger partial charge on any atom is -0.507 e. The van der Waals surface area contributed by atoms with E-state index in [1.54, 1.807) is 25.1 Å². The average molecular weight is 458 g/mol. The van der Waals surface area contributed by atoms with Crippen LogP contribution in [0.3, 0.4) is 0 Å². The molecule has 1 heterocycles. The number of benzene rings is 2. The molecule has 0 unspecified atom stereocenters. The molecule has 34 heavy (non-hydrogen) atoms. The number of phenols is 1. The zero-order valence-corrected chi connectivity index (χ0v) is 18.6. The number of pyridine rings is 1. The van der Waals surface area contributed by atoms with Crippen LogP contribution in [-0.4, -0.2) is 35.9 Å². The van der Waals surface area contributed by atoms with Crippen LogP contribution in [0.15, 0.2) is 69.9 Å². The molecule has 0 aliphatic heterocycles. The van der Waals surface area contributed by atoms with Crippen molar-refractivity contribution in [3.63, 3.8) is 0 Å². The molecule has 10 nitrogen and oxygen atoms in total. The van der Waals surface area contributed by atoms with Gasteiger partial charge in [-0.3, -0.25) is 4.79 Å². The molecule has 0 saturated heterocycles. The third kappa shape index (κ3) is 6.69. The number of methoxy groups -OCH3 is 1. The van der Waals surface area contributed by atoms with E-state index in [4.69, 9.17) is 9.47 Å². The topological polar surface area (TPSA) is 142 Å². The minimum atomic E-state index is -0.573. The molecule has 0 spiro atoms. The van der Waals surface area contributed by atoms with Gasteiger partial charge in [-0.1, -0.05) is 18.2 Å². The lowest BCUT2D eigenvalue weighted by Gasteiger charge is -2.10. The molecular weight excluding hydrogens is 436 g/mol. The van der Waals surface area contributed by atoms with Gasteiger partial charge >= 0.3 is 0 Å². The van der Waals surface area contributed by atoms with Gasteiger partial charge in [-0.2, -0.15) is 20.6 Å². The van der Waals surface area contributed by atoms with Gasteiger partial charge < -0.3 is 14.6 Å². The number of hydrogen-bond acceptors (Lipinski definition) is 9. The molecule has 0 radical (unpaired) electrons. The fourth-order valence-corrected chi connectivity index (χ4v) is 2.86. The number of aromatic nitrogens is 1. The molecule has 10 heteroatoms. The van der Waals surface area contributed by atoms with Crippen LogP contribution in [0.5, 0.6) is 11.6 Å². The monoisotopic (exact) mass is 458 g/mol. The van der Waals surface area contributed by atoms with Gasteiger partial charge in [0, 0.05) is 23.9 Å². The van der Waals surface area contributed by atoms with E-state index < -0.39 is 12.5 Å². The standard InChI is InChI=1S/C24H22N6O4/c1-16-10-18(14-33-2)21(12-25)24(27-16)34-15-23(32)30-26-13-17-11-20(8-9-22(17)31)29-28-19-6-4-3-5-7-19/h3-11,13,31H,14-15H2,1-2H3,(H,30,32)/b26-13-,29-28?. The Morgan fingerprint density at radius 1 is 1.18 bits per heavy atom. The number of nitriles is 1. The van der Waals surface area contributed by atoms with Crippen molar-refractivity contribution in [2.75, 3.05) is 13.7 Å². The zero-order chi connectivity index (χ0) is 24.3. The second-order valence-corrected chi connectivity index (χ2v) is 7.01. The number of nitrogens with one attached hydrogen (secondary N) is 1. The molecule has 1 aromatic heterocycles. The first-order valence-electron chi connectivity index (χ1n) is 10.1. The Morgan fingerprint density at radius 2 is 1.94 bits per heavy atom. The van der Waals surface area contributed by atoms with Gasteiger partial charge in [0.05, 0.1) is 24.2 Å². The number of amides is 1. The van der Waals surface area contributed by atoms with Crippen molar-refractivity contribution < 1.29 is 19.4 Å². The number of azo groups is 1. The maximum absolute atomic E-state index is 12.1. The molecule has 172 valence electrons. The predicted molar refractivity (Wildman–Crippen MR) is 124 cm³/mol. The van der Waals surface area contributed by atoms with Crippen molar-refractivity contribution in [2.45, 2.75) is 13.5 Å². The summed E-state index contributed by atoms with van der Waals surface area (Å²) in [7, 11) is 1.52. The van der Waals surface area contributed by atoms with Crippen molar-refractivity contribution in [1.82, 2.24) is 10.4 Å². The summed E-state index contributed by atoms with van der Waals surface area (Å²) < 4.78 is 10.5. The first-order chi connectivity index (χ1) is 16.5. The van der Waals surface area contributed by atoms with Crippen LogP contribution in [0.4, 0.5) is 11.4 Å². The first-order valence-corrected chi connectivity index (χ1v) is 10.1. The predicted octanol–water partition coefficient (Wildman–Crippen LogP) is 4.06. The van der Waals surface area contributed by atoms with Crippen molar-refractivity contribution >= 4 is 23.5 Å². The molecule has 3 rings (SSSR count). The summed E-state index contributed by atoms with van der Waals surface area (Å²) in [6, 6.07) is 17.6. The second kappa shape index (κ2) is 11.8. The summed E-state index contributed by atoms with van der Waals surface area (Å²) >= 11 is 0. The highest BCUT2D eigenvalue weighted by atomic mass is 16.5. The van der Waals surface area contributed by atoms with Crippen LogP contribution in [-0.2, 0) is 16.1 Å². The van der Waals surface area contributed by atoms with Crippen LogP contribution in [0.2, 0.25) is 0 Å². The van der Waals surface area contributed by atoms with Crippen LogP contribution in [0.25, 0.3) is 0 Å². The lowest BCUT2D eigenvalue weighted by Crippen LogP contribution is -2.25. The molecule has 3 aromatic rings. The van der Waals surface area contributed by atoms with Gasteiger partial charge in [0.25, 0.3) is 5.91 Å². The van der Waals surface area contributed by atoms with Crippen LogP contribution >= 0.6 is 0 Å². The molecule has 1 amide bonds. The van der Waals surface area contributed by atoms with Gasteiger partial charge in [-0.25, -0.2) is 10.4 Å². The van der Waals surface area contributed by atoms with E-state index >= 15 is 0 Å². The number of phenolic OH excluding ortho intramolecular Hbond substituents is 1. The van der Waals surface area contributed by atoms with Gasteiger partial charge in [0.15, 0.2) is 6.61 Å². The van der Waals surface area contributed by atoms with Crippen molar-refractivity contribution in [1.29, 1.82) is 5.26 Å². The Hall–Kier alpha value is -4.62. The first kappa shape index (κ1) is 24.0. The molecule has 2 N–H and O–H groups in total. The maximum atomic E-state index is 12.1. The van der Waals surface area contributed by atoms with Crippen LogP contribution in [0.1, 0.15) is 22.4 Å². The van der Waals surface area contributed by atoms with Crippen molar-refractivity contribution in [3.8, 4) is 17.7 Å². The van der Waals surface area contributed by atoms with E-state index in [2.05, 4.69) is 25.7 Å². The summed E-state index contributed by atoms with van der Waals surface area (Å²) in [5, 5.41) is 31.5. The number of nitrogens with zero attached hydrogens (tertiary/aromatic N) is 5. The molecule has 0 atom stereocenters. The quantitative estimate of drug-likeness (QED) is 0.281. The third-order valence-corrected chi connectivity index (χ3v) is 4.39. The molecule has 0 saturated carbocycles. The summed E-state index contributed by atoms with van der Waals surface area (Å²) in [5.41, 5.74) is 5.27. The Labute approximate surface area is 196 Å². The van der Waals surface area contributed by atoms with Gasteiger partial charge in [-0.05, 0) is 43.3 Å². The van der Waals surface area contributed by atoms with E-state index in [1.165, 1.54) is 19.4 Å². The van der Waals surface area contributed by atoms with Gasteiger partial charge in [0.2, 0.25) is 5.88 Å².